The van der Waals surface area contributed by atoms with Crippen molar-refractivity contribution in [2.75, 3.05) is 25.0 Å². The van der Waals surface area contributed by atoms with Crippen molar-refractivity contribution in [3.63, 3.8) is 0 Å². The lowest BCUT2D eigenvalue weighted by atomic mass is 10.1. The number of hydrogen-bond acceptors (Lipinski definition) is 3. The lowest BCUT2D eigenvalue weighted by Gasteiger charge is -2.09. The topological polar surface area (TPSA) is 50.4 Å². The Kier molecular flexibility index (Phi) is 7.37. The first-order valence-corrected chi connectivity index (χ1v) is 8.51. The van der Waals surface area contributed by atoms with E-state index in [1.807, 2.05) is 37.3 Å². The van der Waals surface area contributed by atoms with Crippen molar-refractivity contribution in [3.05, 3.63) is 58.1 Å². The third-order valence-electron chi connectivity index (χ3n) is 3.32. The fourth-order valence-electron chi connectivity index (χ4n) is 2.16. The molecule has 2 aromatic rings. The number of halogens is 2. The van der Waals surface area contributed by atoms with E-state index >= 15 is 0 Å². The van der Waals surface area contributed by atoms with E-state index in [9.17, 15) is 4.79 Å². The number of nitrogens with one attached hydrogen (secondary N) is 2. The van der Waals surface area contributed by atoms with E-state index in [0.29, 0.717) is 23.2 Å². The van der Waals surface area contributed by atoms with Crippen LogP contribution in [0.4, 0.5) is 5.69 Å². The average molecular weight is 367 g/mol. The Labute approximate surface area is 152 Å². The van der Waals surface area contributed by atoms with Gasteiger partial charge < -0.3 is 15.4 Å². The van der Waals surface area contributed by atoms with Crippen LogP contribution in [0.2, 0.25) is 10.0 Å². The van der Waals surface area contributed by atoms with Crippen LogP contribution in [0.5, 0.6) is 5.75 Å². The summed E-state index contributed by atoms with van der Waals surface area (Å²) in [7, 11) is 0. The average Bonchev–Trinajstić information content (AvgIpc) is 2.55. The second-order valence-electron chi connectivity index (χ2n) is 5.17. The van der Waals surface area contributed by atoms with Crippen molar-refractivity contribution in [2.45, 2.75) is 13.3 Å². The summed E-state index contributed by atoms with van der Waals surface area (Å²) < 4.78 is 5.36. The van der Waals surface area contributed by atoms with Crippen LogP contribution in [0.3, 0.4) is 0 Å². The number of hydrogen-bond donors (Lipinski definition) is 2. The fourth-order valence-corrected chi connectivity index (χ4v) is 2.66. The number of carbonyl (C=O) groups excluding carboxylic acids is 1. The summed E-state index contributed by atoms with van der Waals surface area (Å²) in [5, 5.41) is 7.19. The summed E-state index contributed by atoms with van der Waals surface area (Å²) in [6.45, 7) is 3.43. The van der Waals surface area contributed by atoms with Gasteiger partial charge in [0, 0.05) is 15.7 Å². The third kappa shape index (κ3) is 6.04. The summed E-state index contributed by atoms with van der Waals surface area (Å²) in [4.78, 5) is 11.9. The van der Waals surface area contributed by atoms with E-state index in [1.54, 1.807) is 12.1 Å². The minimum atomic E-state index is -0.0960. The van der Waals surface area contributed by atoms with Crippen LogP contribution in [0, 0.1) is 0 Å². The lowest BCUT2D eigenvalue weighted by molar-refractivity contribution is -0.115. The first-order chi connectivity index (χ1) is 11.6. The van der Waals surface area contributed by atoms with Crippen LogP contribution in [-0.2, 0) is 11.2 Å². The molecule has 0 atom stereocenters. The number of ether oxygens (including phenoxy) is 1. The molecule has 6 heteroatoms. The number of benzene rings is 2. The number of amides is 1. The molecule has 2 N–H and O–H groups in total. The zero-order valence-corrected chi connectivity index (χ0v) is 15.0. The highest BCUT2D eigenvalue weighted by Gasteiger charge is 2.04. The maximum Gasteiger partial charge on any atom is 0.238 e. The van der Waals surface area contributed by atoms with Crippen LogP contribution < -0.4 is 15.4 Å². The van der Waals surface area contributed by atoms with Crippen molar-refractivity contribution >= 4 is 34.8 Å². The Bertz CT molecular complexity index is 675. The minimum Gasteiger partial charge on any atom is -0.494 e. The highest BCUT2D eigenvalue weighted by atomic mass is 35.5. The maximum absolute atomic E-state index is 11.9. The van der Waals surface area contributed by atoms with Crippen molar-refractivity contribution in [1.29, 1.82) is 0 Å². The molecule has 0 heterocycles. The van der Waals surface area contributed by atoms with Crippen LogP contribution in [0.25, 0.3) is 0 Å². The van der Waals surface area contributed by atoms with E-state index in [4.69, 9.17) is 27.9 Å². The summed E-state index contributed by atoms with van der Waals surface area (Å²) in [5.41, 5.74) is 1.74. The predicted octanol–water partition coefficient (Wildman–Crippen LogP) is 4.16. The van der Waals surface area contributed by atoms with E-state index in [0.717, 1.165) is 23.4 Å². The largest absolute Gasteiger partial charge is 0.494 e. The second kappa shape index (κ2) is 9.52. The Morgan fingerprint density at radius 1 is 1.12 bits per heavy atom. The molecule has 0 aliphatic rings. The molecule has 2 rings (SSSR count). The molecule has 0 unspecified atom stereocenters. The quantitative estimate of drug-likeness (QED) is 0.689. The molecule has 128 valence electrons. The normalized spacial score (nSPS) is 10.5. The molecular formula is C18H20Cl2N2O2. The molecular weight excluding hydrogens is 347 g/mol. The molecule has 24 heavy (non-hydrogen) atoms. The van der Waals surface area contributed by atoms with Crippen LogP contribution in [0.1, 0.15) is 12.5 Å². The number of anilines is 1. The van der Waals surface area contributed by atoms with Gasteiger partial charge in [-0.2, -0.15) is 0 Å². The van der Waals surface area contributed by atoms with Crippen molar-refractivity contribution in [1.82, 2.24) is 5.32 Å². The molecule has 0 spiro atoms. The van der Waals surface area contributed by atoms with Crippen molar-refractivity contribution in [3.8, 4) is 5.75 Å². The molecule has 0 saturated carbocycles. The smallest absolute Gasteiger partial charge is 0.238 e. The highest BCUT2D eigenvalue weighted by molar-refractivity contribution is 6.35. The molecule has 0 aliphatic heterocycles. The van der Waals surface area contributed by atoms with Gasteiger partial charge in [0.25, 0.3) is 0 Å². The van der Waals surface area contributed by atoms with Crippen LogP contribution in [-0.4, -0.2) is 25.6 Å². The minimum absolute atomic E-state index is 0.0960. The fraction of sp³-hybridized carbons (Fsp3) is 0.278. The SMILES string of the molecule is CCOc1ccc(NC(=O)CNCCc2ccc(Cl)cc2Cl)cc1. The van der Waals surface area contributed by atoms with Crippen LogP contribution >= 0.6 is 23.2 Å². The highest BCUT2D eigenvalue weighted by Crippen LogP contribution is 2.21. The zero-order chi connectivity index (χ0) is 17.4. The van der Waals surface area contributed by atoms with Crippen LogP contribution in [0.15, 0.2) is 42.5 Å². The van der Waals surface area contributed by atoms with Gasteiger partial charge in [-0.25, -0.2) is 0 Å². The van der Waals surface area contributed by atoms with Crippen molar-refractivity contribution in [2.24, 2.45) is 0 Å². The zero-order valence-electron chi connectivity index (χ0n) is 13.4. The van der Waals surface area contributed by atoms with E-state index < -0.39 is 0 Å². The third-order valence-corrected chi connectivity index (χ3v) is 3.91. The lowest BCUT2D eigenvalue weighted by Crippen LogP contribution is -2.29. The molecule has 1 amide bonds. The molecule has 4 nitrogen and oxygen atoms in total. The van der Waals surface area contributed by atoms with E-state index in [1.165, 1.54) is 0 Å². The maximum atomic E-state index is 11.9. The number of rotatable bonds is 8. The summed E-state index contributed by atoms with van der Waals surface area (Å²) in [6.07, 6.45) is 0.729. The molecule has 0 aliphatic carbocycles. The Morgan fingerprint density at radius 3 is 2.54 bits per heavy atom. The molecule has 2 aromatic carbocycles. The van der Waals surface area contributed by atoms with Gasteiger partial charge in [0.15, 0.2) is 0 Å². The molecule has 0 bridgehead atoms. The first kappa shape index (κ1) is 18.6. The van der Waals surface area contributed by atoms with Crippen molar-refractivity contribution < 1.29 is 9.53 Å². The molecule has 0 aromatic heterocycles. The van der Waals surface area contributed by atoms with Gasteiger partial charge >= 0.3 is 0 Å². The van der Waals surface area contributed by atoms with E-state index in [2.05, 4.69) is 10.6 Å². The summed E-state index contributed by atoms with van der Waals surface area (Å²) >= 11 is 12.0. The van der Waals surface area contributed by atoms with Gasteiger partial charge in [-0.15, -0.1) is 0 Å². The standard InChI is InChI=1S/C18H20Cl2N2O2/c1-2-24-16-7-5-15(6-8-16)22-18(23)12-21-10-9-13-3-4-14(19)11-17(13)20/h3-8,11,21H,2,9-10,12H2,1H3,(H,22,23). The van der Waals surface area contributed by atoms with E-state index in [-0.39, 0.29) is 12.5 Å². The monoisotopic (exact) mass is 366 g/mol. The Morgan fingerprint density at radius 2 is 1.88 bits per heavy atom. The Hall–Kier alpha value is -1.75. The molecule has 0 fully saturated rings. The van der Waals surface area contributed by atoms with Gasteiger partial charge in [0.05, 0.1) is 13.2 Å². The summed E-state index contributed by atoms with van der Waals surface area (Å²) in [5.74, 6) is 0.690. The van der Waals surface area contributed by atoms with Gasteiger partial charge in [0.2, 0.25) is 5.91 Å². The first-order valence-electron chi connectivity index (χ1n) is 7.76. The van der Waals surface area contributed by atoms with Gasteiger partial charge in [-0.3, -0.25) is 4.79 Å². The second-order valence-corrected chi connectivity index (χ2v) is 6.01. The van der Waals surface area contributed by atoms with Gasteiger partial charge in [-0.05, 0) is 61.9 Å². The van der Waals surface area contributed by atoms with Gasteiger partial charge in [-0.1, -0.05) is 29.3 Å². The molecule has 0 radical (unpaired) electrons. The Balaban J connectivity index is 1.71. The number of carbonyl (C=O) groups is 1. The summed E-state index contributed by atoms with van der Waals surface area (Å²) in [6, 6.07) is 12.7. The van der Waals surface area contributed by atoms with Gasteiger partial charge in [0.1, 0.15) is 5.75 Å². The predicted molar refractivity (Wildman–Crippen MR) is 99.3 cm³/mol. The molecule has 0 saturated heterocycles.